The topological polar surface area (TPSA) is 18.5 Å². The van der Waals surface area contributed by atoms with E-state index in [9.17, 15) is 0 Å². The average molecular weight is 407 g/mol. The summed E-state index contributed by atoms with van der Waals surface area (Å²) in [4.78, 5) is 0. The van der Waals surface area contributed by atoms with Crippen LogP contribution in [0.3, 0.4) is 0 Å². The molecule has 0 spiro atoms. The minimum Gasteiger partial charge on any atom is -0.353 e. The molecule has 0 bridgehead atoms. The van der Waals surface area contributed by atoms with Gasteiger partial charge in [0.05, 0.1) is 0 Å². The van der Waals surface area contributed by atoms with E-state index in [4.69, 9.17) is 9.47 Å². The van der Waals surface area contributed by atoms with Gasteiger partial charge in [0, 0.05) is 26.1 Å². The Balaban J connectivity index is 1.69. The van der Waals surface area contributed by atoms with Crippen LogP contribution in [0.25, 0.3) is 0 Å². The third kappa shape index (κ3) is 19.2. The van der Waals surface area contributed by atoms with Crippen LogP contribution in [0.15, 0.2) is 0 Å². The first kappa shape index (κ1) is 26.5. The quantitative estimate of drug-likeness (QED) is 0.158. The van der Waals surface area contributed by atoms with Crippen molar-refractivity contribution >= 4 is 0 Å². The van der Waals surface area contributed by atoms with Gasteiger partial charge in [-0.3, -0.25) is 0 Å². The van der Waals surface area contributed by atoms with Crippen molar-refractivity contribution in [1.29, 1.82) is 0 Å². The van der Waals surface area contributed by atoms with Crippen molar-refractivity contribution in [3.63, 3.8) is 0 Å². The molecule has 2 nitrogen and oxygen atoms in total. The third-order valence-corrected chi connectivity index (χ3v) is 5.92. The lowest BCUT2D eigenvalue weighted by molar-refractivity contribution is -0.162. The SMILES string of the molecule is CCCCCCCCCCCCCCCCC#CCCCCOC1CCCCO1. The summed E-state index contributed by atoms with van der Waals surface area (Å²) in [5.74, 6) is 6.69. The first-order valence-corrected chi connectivity index (χ1v) is 13.1. The standard InChI is InChI=1S/C27H50O2/c1-2-3-4-5-6-7-8-9-10-11-12-13-14-15-16-17-18-19-20-22-25-28-27-24-21-23-26-29-27/h27H,2-16,19-26H2,1H3. The predicted molar refractivity (Wildman–Crippen MR) is 126 cm³/mol. The van der Waals surface area contributed by atoms with Crippen LogP contribution in [0.1, 0.15) is 142 Å². The molecule has 0 N–H and O–H groups in total. The molecule has 29 heavy (non-hydrogen) atoms. The summed E-state index contributed by atoms with van der Waals surface area (Å²) in [6.45, 7) is 3.99. The van der Waals surface area contributed by atoms with E-state index in [1.165, 1.54) is 103 Å². The molecule has 1 aliphatic rings. The van der Waals surface area contributed by atoms with Crippen molar-refractivity contribution in [3.05, 3.63) is 0 Å². The number of rotatable bonds is 19. The van der Waals surface area contributed by atoms with Gasteiger partial charge in [0.15, 0.2) is 6.29 Å². The van der Waals surface area contributed by atoms with E-state index in [0.29, 0.717) is 0 Å². The van der Waals surface area contributed by atoms with Crippen LogP contribution in [-0.4, -0.2) is 19.5 Å². The van der Waals surface area contributed by atoms with E-state index in [1.807, 2.05) is 0 Å². The fraction of sp³-hybridized carbons (Fsp3) is 0.926. The van der Waals surface area contributed by atoms with Crippen LogP contribution < -0.4 is 0 Å². The molecule has 1 atom stereocenters. The lowest BCUT2D eigenvalue weighted by atomic mass is 10.0. The van der Waals surface area contributed by atoms with Gasteiger partial charge in [0.1, 0.15) is 0 Å². The molecule has 0 radical (unpaired) electrons. The second-order valence-electron chi connectivity index (χ2n) is 8.82. The number of unbranched alkanes of at least 4 members (excludes halogenated alkanes) is 16. The molecule has 1 rings (SSSR count). The Kier molecular flexibility index (Phi) is 20.3. The van der Waals surface area contributed by atoms with Gasteiger partial charge < -0.3 is 9.47 Å². The van der Waals surface area contributed by atoms with Crippen LogP contribution >= 0.6 is 0 Å². The van der Waals surface area contributed by atoms with E-state index in [1.54, 1.807) is 0 Å². The summed E-state index contributed by atoms with van der Waals surface area (Å²) >= 11 is 0. The van der Waals surface area contributed by atoms with E-state index in [0.717, 1.165) is 45.3 Å². The Labute approximate surface area is 182 Å². The van der Waals surface area contributed by atoms with Crippen molar-refractivity contribution in [2.24, 2.45) is 0 Å². The minimum atomic E-state index is 0.0650. The van der Waals surface area contributed by atoms with Crippen molar-refractivity contribution in [2.45, 2.75) is 148 Å². The maximum atomic E-state index is 5.75. The zero-order valence-electron chi connectivity index (χ0n) is 19.7. The van der Waals surface area contributed by atoms with Crippen molar-refractivity contribution in [1.82, 2.24) is 0 Å². The molecule has 1 unspecified atom stereocenters. The van der Waals surface area contributed by atoms with Crippen molar-refractivity contribution in [2.75, 3.05) is 13.2 Å². The van der Waals surface area contributed by atoms with E-state index < -0.39 is 0 Å². The summed E-state index contributed by atoms with van der Waals surface area (Å²) in [7, 11) is 0. The van der Waals surface area contributed by atoms with E-state index in [-0.39, 0.29) is 6.29 Å². The molecule has 170 valence electrons. The highest BCUT2D eigenvalue weighted by molar-refractivity contribution is 4.98. The van der Waals surface area contributed by atoms with Crippen LogP contribution in [0.2, 0.25) is 0 Å². The maximum Gasteiger partial charge on any atom is 0.157 e. The molecule has 0 aromatic carbocycles. The van der Waals surface area contributed by atoms with Crippen LogP contribution in [0.4, 0.5) is 0 Å². The van der Waals surface area contributed by atoms with Gasteiger partial charge in [-0.1, -0.05) is 90.4 Å². The summed E-state index contributed by atoms with van der Waals surface area (Å²) in [5, 5.41) is 0. The average Bonchev–Trinajstić information content (AvgIpc) is 2.75. The normalized spacial score (nSPS) is 16.5. The van der Waals surface area contributed by atoms with Crippen LogP contribution in [0, 0.1) is 11.8 Å². The van der Waals surface area contributed by atoms with Gasteiger partial charge in [0.2, 0.25) is 0 Å². The second kappa shape index (κ2) is 22.2. The molecular formula is C27H50O2. The lowest BCUT2D eigenvalue weighted by Gasteiger charge is -2.22. The smallest absolute Gasteiger partial charge is 0.157 e. The molecule has 0 amide bonds. The molecule has 0 aromatic heterocycles. The molecule has 1 saturated heterocycles. The summed E-state index contributed by atoms with van der Waals surface area (Å²) < 4.78 is 11.3. The Bertz CT molecular complexity index is 376. The van der Waals surface area contributed by atoms with Gasteiger partial charge in [-0.15, -0.1) is 11.8 Å². The van der Waals surface area contributed by atoms with E-state index >= 15 is 0 Å². The van der Waals surface area contributed by atoms with Gasteiger partial charge in [-0.25, -0.2) is 0 Å². The Hall–Kier alpha value is -0.520. The number of hydrogen-bond donors (Lipinski definition) is 0. The Morgan fingerprint density at radius 1 is 0.655 bits per heavy atom. The van der Waals surface area contributed by atoms with Crippen LogP contribution in [-0.2, 0) is 9.47 Å². The zero-order valence-corrected chi connectivity index (χ0v) is 19.7. The fourth-order valence-corrected chi connectivity index (χ4v) is 3.96. The van der Waals surface area contributed by atoms with Gasteiger partial charge in [-0.2, -0.15) is 0 Å². The highest BCUT2D eigenvalue weighted by Gasteiger charge is 2.13. The second-order valence-corrected chi connectivity index (χ2v) is 8.82. The maximum absolute atomic E-state index is 5.75. The Morgan fingerprint density at radius 3 is 1.69 bits per heavy atom. The van der Waals surface area contributed by atoms with E-state index in [2.05, 4.69) is 18.8 Å². The summed E-state index contributed by atoms with van der Waals surface area (Å²) in [6, 6.07) is 0. The van der Waals surface area contributed by atoms with Gasteiger partial charge in [-0.05, 0) is 38.5 Å². The zero-order chi connectivity index (χ0) is 20.7. The first-order chi connectivity index (χ1) is 14.4. The third-order valence-electron chi connectivity index (χ3n) is 5.92. The number of hydrogen-bond acceptors (Lipinski definition) is 2. The molecule has 1 aliphatic heterocycles. The summed E-state index contributed by atoms with van der Waals surface area (Å²) in [5.41, 5.74) is 0. The first-order valence-electron chi connectivity index (χ1n) is 13.1. The molecule has 0 aromatic rings. The van der Waals surface area contributed by atoms with Crippen molar-refractivity contribution in [3.8, 4) is 11.8 Å². The molecule has 1 heterocycles. The molecular weight excluding hydrogens is 356 g/mol. The molecule has 2 heteroatoms. The fourth-order valence-electron chi connectivity index (χ4n) is 3.96. The molecule has 1 fully saturated rings. The van der Waals surface area contributed by atoms with Gasteiger partial charge >= 0.3 is 0 Å². The summed E-state index contributed by atoms with van der Waals surface area (Å²) in [6.07, 6.45) is 27.8. The lowest BCUT2D eigenvalue weighted by Crippen LogP contribution is -2.22. The largest absolute Gasteiger partial charge is 0.353 e. The molecule has 0 aliphatic carbocycles. The predicted octanol–water partition coefficient (Wildman–Crippen LogP) is 8.57. The van der Waals surface area contributed by atoms with Crippen molar-refractivity contribution < 1.29 is 9.47 Å². The minimum absolute atomic E-state index is 0.0650. The highest BCUT2D eigenvalue weighted by atomic mass is 16.7. The number of ether oxygens (including phenoxy) is 2. The Morgan fingerprint density at radius 2 is 1.17 bits per heavy atom. The molecule has 0 saturated carbocycles. The highest BCUT2D eigenvalue weighted by Crippen LogP contribution is 2.14. The monoisotopic (exact) mass is 406 g/mol. The van der Waals surface area contributed by atoms with Crippen LogP contribution in [0.5, 0.6) is 0 Å². The van der Waals surface area contributed by atoms with Gasteiger partial charge in [0.25, 0.3) is 0 Å².